The normalized spacial score (nSPS) is 13.3. The minimum Gasteiger partial charge on any atom is -0.466 e. The highest BCUT2D eigenvalue weighted by Crippen LogP contribution is 2.23. The Kier molecular flexibility index (Phi) is 5.05. The van der Waals surface area contributed by atoms with E-state index in [0.717, 1.165) is 11.3 Å². The van der Waals surface area contributed by atoms with E-state index < -0.39 is 16.1 Å². The molecule has 1 unspecified atom stereocenters. The molecule has 2 rings (SSSR count). The van der Waals surface area contributed by atoms with Crippen LogP contribution in [0.25, 0.3) is 0 Å². The Morgan fingerprint density at radius 2 is 1.82 bits per heavy atom. The smallest absolute Gasteiger partial charge is 0.240 e. The Balaban J connectivity index is 1.95. The van der Waals surface area contributed by atoms with Gasteiger partial charge in [-0.15, -0.1) is 0 Å². The number of hydrogen-bond donors (Lipinski definition) is 2. The van der Waals surface area contributed by atoms with Crippen molar-refractivity contribution in [2.45, 2.75) is 38.2 Å². The second kappa shape index (κ2) is 6.64. The van der Waals surface area contributed by atoms with E-state index in [4.69, 9.17) is 4.42 Å². The first-order valence-corrected chi connectivity index (χ1v) is 8.59. The van der Waals surface area contributed by atoms with Crippen LogP contribution in [0.1, 0.15) is 35.2 Å². The Morgan fingerprint density at radius 1 is 1.18 bits per heavy atom. The maximum Gasteiger partial charge on any atom is 0.240 e. The molecule has 2 aromatic rings. The van der Waals surface area contributed by atoms with Crippen molar-refractivity contribution in [1.82, 2.24) is 4.72 Å². The van der Waals surface area contributed by atoms with Gasteiger partial charge in [0.15, 0.2) is 0 Å². The molecule has 0 aliphatic heterocycles. The number of aryl methyl sites for hydroxylation is 3. The molecule has 0 aliphatic carbocycles. The van der Waals surface area contributed by atoms with E-state index in [1.54, 1.807) is 37.3 Å². The molecular formula is C16H21NO4S. The van der Waals surface area contributed by atoms with E-state index in [2.05, 4.69) is 4.72 Å². The lowest BCUT2D eigenvalue weighted by molar-refractivity contribution is 0.167. The van der Waals surface area contributed by atoms with Gasteiger partial charge < -0.3 is 9.52 Å². The molecular weight excluding hydrogens is 302 g/mol. The Labute approximate surface area is 131 Å². The summed E-state index contributed by atoms with van der Waals surface area (Å²) in [7, 11) is -3.54. The first kappa shape index (κ1) is 16.7. The molecule has 1 heterocycles. The number of nitrogens with one attached hydrogen (secondary N) is 1. The second-order valence-electron chi connectivity index (χ2n) is 5.38. The van der Waals surface area contributed by atoms with Crippen molar-refractivity contribution < 1.29 is 17.9 Å². The summed E-state index contributed by atoms with van der Waals surface area (Å²) in [5.41, 5.74) is 1.70. The summed E-state index contributed by atoms with van der Waals surface area (Å²) in [6, 6.07) is 8.41. The van der Waals surface area contributed by atoms with Gasteiger partial charge in [-0.2, -0.15) is 0 Å². The van der Waals surface area contributed by atoms with Crippen LogP contribution in [0.2, 0.25) is 0 Å². The number of aliphatic hydroxyl groups excluding tert-OH is 1. The third-order valence-corrected chi connectivity index (χ3v) is 4.96. The highest BCUT2D eigenvalue weighted by atomic mass is 32.2. The lowest BCUT2D eigenvalue weighted by atomic mass is 10.1. The fourth-order valence-corrected chi connectivity index (χ4v) is 3.32. The van der Waals surface area contributed by atoms with Gasteiger partial charge in [-0.05, 0) is 45.4 Å². The van der Waals surface area contributed by atoms with Gasteiger partial charge in [0.25, 0.3) is 0 Å². The minimum absolute atomic E-state index is 0.154. The zero-order valence-corrected chi connectivity index (χ0v) is 13.8. The summed E-state index contributed by atoms with van der Waals surface area (Å²) in [5, 5.41) is 10.1. The first-order valence-electron chi connectivity index (χ1n) is 7.11. The molecule has 0 fully saturated rings. The molecule has 0 saturated heterocycles. The third-order valence-electron chi connectivity index (χ3n) is 3.48. The molecule has 0 aliphatic rings. The maximum absolute atomic E-state index is 12.1. The number of rotatable bonds is 6. The van der Waals surface area contributed by atoms with Gasteiger partial charge >= 0.3 is 0 Å². The number of benzene rings is 1. The van der Waals surface area contributed by atoms with Crippen LogP contribution < -0.4 is 4.72 Å². The van der Waals surface area contributed by atoms with Crippen molar-refractivity contribution in [1.29, 1.82) is 0 Å². The summed E-state index contributed by atoms with van der Waals surface area (Å²) >= 11 is 0. The average molecular weight is 323 g/mol. The predicted molar refractivity (Wildman–Crippen MR) is 84.1 cm³/mol. The molecule has 1 aromatic heterocycles. The molecule has 0 radical (unpaired) electrons. The lowest BCUT2D eigenvalue weighted by Gasteiger charge is -2.11. The van der Waals surface area contributed by atoms with E-state index in [0.29, 0.717) is 11.3 Å². The zero-order valence-electron chi connectivity index (χ0n) is 13.0. The summed E-state index contributed by atoms with van der Waals surface area (Å²) in [6.45, 7) is 5.64. The van der Waals surface area contributed by atoms with Gasteiger partial charge in [0.05, 0.1) is 11.0 Å². The summed E-state index contributed by atoms with van der Waals surface area (Å²) in [5.74, 6) is 1.39. The van der Waals surface area contributed by atoms with E-state index in [-0.39, 0.29) is 17.9 Å². The topological polar surface area (TPSA) is 79.5 Å². The Hall–Kier alpha value is -1.63. The predicted octanol–water partition coefficient (Wildman–Crippen LogP) is 2.61. The molecule has 0 bridgehead atoms. The second-order valence-corrected chi connectivity index (χ2v) is 7.15. The van der Waals surface area contributed by atoms with E-state index >= 15 is 0 Å². The van der Waals surface area contributed by atoms with Crippen molar-refractivity contribution in [2.75, 3.05) is 6.54 Å². The molecule has 6 heteroatoms. The van der Waals surface area contributed by atoms with Crippen LogP contribution in [0.3, 0.4) is 0 Å². The van der Waals surface area contributed by atoms with Gasteiger partial charge in [0.1, 0.15) is 11.5 Å². The summed E-state index contributed by atoms with van der Waals surface area (Å²) in [6.07, 6.45) is -0.469. The molecule has 0 spiro atoms. The van der Waals surface area contributed by atoms with Crippen LogP contribution in [0.15, 0.2) is 39.6 Å². The molecule has 1 aromatic carbocycles. The molecule has 2 N–H and O–H groups in total. The van der Waals surface area contributed by atoms with Crippen molar-refractivity contribution in [2.24, 2.45) is 0 Å². The zero-order chi connectivity index (χ0) is 16.3. The maximum atomic E-state index is 12.1. The first-order chi connectivity index (χ1) is 10.3. The van der Waals surface area contributed by atoms with E-state index in [1.807, 2.05) is 13.8 Å². The van der Waals surface area contributed by atoms with Crippen molar-refractivity contribution in [3.8, 4) is 0 Å². The van der Waals surface area contributed by atoms with Crippen molar-refractivity contribution in [3.05, 3.63) is 53.0 Å². The van der Waals surface area contributed by atoms with Gasteiger partial charge in [0.2, 0.25) is 10.0 Å². The van der Waals surface area contributed by atoms with E-state index in [9.17, 15) is 13.5 Å². The van der Waals surface area contributed by atoms with E-state index in [1.165, 1.54) is 0 Å². The van der Waals surface area contributed by atoms with Gasteiger partial charge in [-0.3, -0.25) is 0 Å². The number of sulfonamides is 1. The third kappa shape index (κ3) is 3.97. The Morgan fingerprint density at radius 3 is 2.36 bits per heavy atom. The highest BCUT2D eigenvalue weighted by molar-refractivity contribution is 7.89. The molecule has 5 nitrogen and oxygen atoms in total. The largest absolute Gasteiger partial charge is 0.466 e. The van der Waals surface area contributed by atoms with Crippen LogP contribution in [-0.2, 0) is 10.0 Å². The minimum atomic E-state index is -3.54. The highest BCUT2D eigenvalue weighted by Gasteiger charge is 2.17. The van der Waals surface area contributed by atoms with Crippen LogP contribution in [0.5, 0.6) is 0 Å². The van der Waals surface area contributed by atoms with Crippen molar-refractivity contribution in [3.63, 3.8) is 0 Å². The molecule has 1 atom stereocenters. The van der Waals surface area contributed by atoms with Gasteiger partial charge in [0, 0.05) is 12.1 Å². The van der Waals surface area contributed by atoms with Gasteiger partial charge in [-0.25, -0.2) is 13.1 Å². The quantitative estimate of drug-likeness (QED) is 0.856. The summed E-state index contributed by atoms with van der Waals surface area (Å²) < 4.78 is 32.1. The molecule has 0 saturated carbocycles. The summed E-state index contributed by atoms with van der Waals surface area (Å²) in [4.78, 5) is 0.225. The van der Waals surface area contributed by atoms with Crippen LogP contribution in [0.4, 0.5) is 0 Å². The SMILES string of the molecule is Cc1ccc(S(=O)(=O)NCCC(O)c2cc(C)oc2C)cc1. The number of hydrogen-bond acceptors (Lipinski definition) is 4. The fourth-order valence-electron chi connectivity index (χ4n) is 2.27. The Bertz CT molecular complexity index is 732. The van der Waals surface area contributed by atoms with Crippen LogP contribution in [-0.4, -0.2) is 20.1 Å². The molecule has 120 valence electrons. The monoisotopic (exact) mass is 323 g/mol. The lowest BCUT2D eigenvalue weighted by Crippen LogP contribution is -2.26. The standard InChI is InChI=1S/C16H21NO4S/c1-11-4-6-14(7-5-11)22(19,20)17-9-8-16(18)15-10-12(2)21-13(15)3/h4-7,10,16-18H,8-9H2,1-3H3. The van der Waals surface area contributed by atoms with Crippen LogP contribution >= 0.6 is 0 Å². The molecule has 22 heavy (non-hydrogen) atoms. The van der Waals surface area contributed by atoms with Gasteiger partial charge in [-0.1, -0.05) is 17.7 Å². The average Bonchev–Trinajstić information content (AvgIpc) is 2.78. The number of furan rings is 1. The molecule has 0 amide bonds. The van der Waals surface area contributed by atoms with Crippen molar-refractivity contribution >= 4 is 10.0 Å². The van der Waals surface area contributed by atoms with Crippen LogP contribution in [0, 0.1) is 20.8 Å². The number of aliphatic hydroxyl groups is 1. The fraction of sp³-hybridized carbons (Fsp3) is 0.375.